The van der Waals surface area contributed by atoms with E-state index in [2.05, 4.69) is 28.3 Å². The van der Waals surface area contributed by atoms with E-state index in [1.807, 2.05) is 30.5 Å². The van der Waals surface area contributed by atoms with Gasteiger partial charge >= 0.3 is 0 Å². The lowest BCUT2D eigenvalue weighted by molar-refractivity contribution is 0.516. The van der Waals surface area contributed by atoms with Crippen LogP contribution in [-0.2, 0) is 12.8 Å². The average Bonchev–Trinajstić information content (AvgIpc) is 2.40. The maximum atomic E-state index is 5.72. The predicted molar refractivity (Wildman–Crippen MR) is 77.8 cm³/mol. The maximum Gasteiger partial charge on any atom is 0.123 e. The van der Waals surface area contributed by atoms with Crippen LogP contribution in [0.1, 0.15) is 18.2 Å². The Morgan fingerprint density at radius 3 is 2.74 bits per heavy atom. The fourth-order valence-corrected chi connectivity index (χ4v) is 2.18. The van der Waals surface area contributed by atoms with Crippen molar-refractivity contribution in [1.82, 2.24) is 15.3 Å². The molecule has 0 aromatic carbocycles. The number of hydrogen-bond acceptors (Lipinski definition) is 4. The molecule has 100 valence electrons. The van der Waals surface area contributed by atoms with Crippen molar-refractivity contribution in [2.45, 2.75) is 25.8 Å². The molecule has 2 rings (SSSR count). The third-order valence-corrected chi connectivity index (χ3v) is 3.00. The molecule has 0 saturated heterocycles. The fourth-order valence-electron chi connectivity index (χ4n) is 2.18. The van der Waals surface area contributed by atoms with Crippen molar-refractivity contribution in [3.63, 3.8) is 0 Å². The molecule has 0 spiro atoms. The summed E-state index contributed by atoms with van der Waals surface area (Å²) in [4.78, 5) is 8.41. The Morgan fingerprint density at radius 2 is 2.05 bits per heavy atom. The Hall–Kier alpha value is -1.94. The second-order valence-corrected chi connectivity index (χ2v) is 4.57. The molecule has 0 amide bonds. The van der Waals surface area contributed by atoms with Gasteiger partial charge in [-0.15, -0.1) is 0 Å². The lowest BCUT2D eigenvalue weighted by atomic mass is 10.0. The molecule has 0 aliphatic carbocycles. The third kappa shape index (κ3) is 4.34. The minimum Gasteiger partial charge on any atom is -0.384 e. The van der Waals surface area contributed by atoms with Gasteiger partial charge in [0, 0.05) is 30.6 Å². The number of nitrogens with two attached hydrogens (primary N) is 1. The number of anilines is 1. The van der Waals surface area contributed by atoms with Crippen LogP contribution < -0.4 is 11.1 Å². The lowest BCUT2D eigenvalue weighted by Gasteiger charge is -2.17. The van der Waals surface area contributed by atoms with Gasteiger partial charge in [-0.2, -0.15) is 0 Å². The van der Waals surface area contributed by atoms with Gasteiger partial charge < -0.3 is 11.1 Å². The van der Waals surface area contributed by atoms with Crippen molar-refractivity contribution >= 4 is 5.82 Å². The number of nitrogen functional groups attached to an aromatic ring is 1. The molecule has 4 nitrogen and oxygen atoms in total. The quantitative estimate of drug-likeness (QED) is 0.827. The first kappa shape index (κ1) is 13.5. The molecule has 0 aliphatic heterocycles. The van der Waals surface area contributed by atoms with Crippen LogP contribution >= 0.6 is 0 Å². The number of nitrogens with one attached hydrogen (secondary N) is 1. The van der Waals surface area contributed by atoms with Crippen LogP contribution in [0, 0.1) is 0 Å². The summed E-state index contributed by atoms with van der Waals surface area (Å²) in [6.45, 7) is 3.06. The zero-order chi connectivity index (χ0) is 13.5. The number of rotatable bonds is 6. The van der Waals surface area contributed by atoms with Gasteiger partial charge in [0.1, 0.15) is 5.82 Å². The molecule has 3 N–H and O–H groups in total. The van der Waals surface area contributed by atoms with E-state index in [4.69, 9.17) is 5.73 Å². The SMILES string of the molecule is CCNC(Cc1ccnc(N)c1)Cc1ccccn1. The number of likely N-dealkylation sites (N-methyl/N-ethyl adjacent to an activating group) is 1. The average molecular weight is 256 g/mol. The van der Waals surface area contributed by atoms with E-state index in [0.717, 1.165) is 25.1 Å². The van der Waals surface area contributed by atoms with Crippen LogP contribution in [-0.4, -0.2) is 22.6 Å². The Labute approximate surface area is 114 Å². The molecule has 2 aromatic rings. The number of aromatic nitrogens is 2. The van der Waals surface area contributed by atoms with Gasteiger partial charge in [-0.05, 0) is 42.8 Å². The van der Waals surface area contributed by atoms with E-state index in [1.54, 1.807) is 6.20 Å². The number of hydrogen-bond donors (Lipinski definition) is 2. The summed E-state index contributed by atoms with van der Waals surface area (Å²) in [5.74, 6) is 0.575. The molecule has 0 saturated carbocycles. The maximum absolute atomic E-state index is 5.72. The van der Waals surface area contributed by atoms with Crippen LogP contribution in [0.4, 0.5) is 5.82 Å². The standard InChI is InChI=1S/C15H20N4/c1-2-17-14(11-13-5-3-4-7-18-13)9-12-6-8-19-15(16)10-12/h3-8,10,14,17H,2,9,11H2,1H3,(H2,16,19). The highest BCUT2D eigenvalue weighted by molar-refractivity contribution is 5.32. The second kappa shape index (κ2) is 6.85. The van der Waals surface area contributed by atoms with Crippen molar-refractivity contribution in [3.05, 3.63) is 54.0 Å². The van der Waals surface area contributed by atoms with Crippen LogP contribution in [0.3, 0.4) is 0 Å². The van der Waals surface area contributed by atoms with Crippen LogP contribution in [0.15, 0.2) is 42.7 Å². The molecular formula is C15H20N4. The smallest absolute Gasteiger partial charge is 0.123 e. The first-order valence-electron chi connectivity index (χ1n) is 6.61. The third-order valence-electron chi connectivity index (χ3n) is 3.00. The van der Waals surface area contributed by atoms with Crippen molar-refractivity contribution in [1.29, 1.82) is 0 Å². The lowest BCUT2D eigenvalue weighted by Crippen LogP contribution is -2.33. The molecule has 0 fully saturated rings. The molecule has 0 aliphatic rings. The summed E-state index contributed by atoms with van der Waals surface area (Å²) in [5, 5.41) is 3.50. The Morgan fingerprint density at radius 1 is 1.16 bits per heavy atom. The molecule has 1 atom stereocenters. The van der Waals surface area contributed by atoms with Crippen molar-refractivity contribution in [2.75, 3.05) is 12.3 Å². The molecule has 2 aromatic heterocycles. The van der Waals surface area contributed by atoms with Gasteiger partial charge in [0.15, 0.2) is 0 Å². The molecule has 19 heavy (non-hydrogen) atoms. The minimum atomic E-state index is 0.363. The highest BCUT2D eigenvalue weighted by atomic mass is 14.9. The van der Waals surface area contributed by atoms with E-state index < -0.39 is 0 Å². The summed E-state index contributed by atoms with van der Waals surface area (Å²) in [7, 11) is 0. The summed E-state index contributed by atoms with van der Waals surface area (Å²) in [5.41, 5.74) is 8.03. The molecule has 0 bridgehead atoms. The zero-order valence-electron chi connectivity index (χ0n) is 11.2. The van der Waals surface area contributed by atoms with Crippen molar-refractivity contribution < 1.29 is 0 Å². The molecular weight excluding hydrogens is 236 g/mol. The highest BCUT2D eigenvalue weighted by Crippen LogP contribution is 2.09. The van der Waals surface area contributed by atoms with Gasteiger partial charge in [-0.3, -0.25) is 4.98 Å². The van der Waals surface area contributed by atoms with Crippen molar-refractivity contribution in [3.8, 4) is 0 Å². The van der Waals surface area contributed by atoms with Crippen molar-refractivity contribution in [2.24, 2.45) is 0 Å². The van der Waals surface area contributed by atoms with E-state index in [9.17, 15) is 0 Å². The van der Waals surface area contributed by atoms with Crippen LogP contribution in [0.2, 0.25) is 0 Å². The topological polar surface area (TPSA) is 63.8 Å². The van der Waals surface area contributed by atoms with Gasteiger partial charge in [0.2, 0.25) is 0 Å². The largest absolute Gasteiger partial charge is 0.384 e. The number of pyridine rings is 2. The predicted octanol–water partition coefficient (Wildman–Crippen LogP) is 1.82. The van der Waals surface area contributed by atoms with Gasteiger partial charge in [0.05, 0.1) is 0 Å². The Balaban J connectivity index is 2.04. The normalized spacial score (nSPS) is 12.3. The minimum absolute atomic E-state index is 0.363. The fraction of sp³-hybridized carbons (Fsp3) is 0.333. The molecule has 2 heterocycles. The Kier molecular flexibility index (Phi) is 4.86. The van der Waals surface area contributed by atoms with E-state index in [1.165, 1.54) is 5.56 Å². The number of nitrogens with zero attached hydrogens (tertiary/aromatic N) is 2. The van der Waals surface area contributed by atoms with Gasteiger partial charge in [-0.1, -0.05) is 13.0 Å². The summed E-state index contributed by atoms with van der Waals surface area (Å²) in [6.07, 6.45) is 5.44. The summed E-state index contributed by atoms with van der Waals surface area (Å²) in [6, 6.07) is 10.3. The molecule has 1 unspecified atom stereocenters. The Bertz CT molecular complexity index is 499. The monoisotopic (exact) mass is 256 g/mol. The molecule has 4 heteroatoms. The van der Waals surface area contributed by atoms with Crippen LogP contribution in [0.25, 0.3) is 0 Å². The van der Waals surface area contributed by atoms with Gasteiger partial charge in [0.25, 0.3) is 0 Å². The zero-order valence-corrected chi connectivity index (χ0v) is 11.2. The molecule has 0 radical (unpaired) electrons. The van der Waals surface area contributed by atoms with E-state index in [-0.39, 0.29) is 0 Å². The van der Waals surface area contributed by atoms with Crippen LogP contribution in [0.5, 0.6) is 0 Å². The van der Waals surface area contributed by atoms with E-state index in [0.29, 0.717) is 11.9 Å². The summed E-state index contributed by atoms with van der Waals surface area (Å²) < 4.78 is 0. The first-order valence-corrected chi connectivity index (χ1v) is 6.61. The summed E-state index contributed by atoms with van der Waals surface area (Å²) >= 11 is 0. The van der Waals surface area contributed by atoms with E-state index >= 15 is 0 Å². The first-order chi connectivity index (χ1) is 9.28. The van der Waals surface area contributed by atoms with Gasteiger partial charge in [-0.25, -0.2) is 4.98 Å². The highest BCUT2D eigenvalue weighted by Gasteiger charge is 2.10. The second-order valence-electron chi connectivity index (χ2n) is 4.57.